The van der Waals surface area contributed by atoms with E-state index in [4.69, 9.17) is 4.74 Å². The number of esters is 1. The zero-order chi connectivity index (χ0) is 18.6. The molecule has 0 aliphatic rings. The molecular weight excluding hydrogens is 406 g/mol. The number of carbonyl (C=O) groups excluding carboxylic acids is 1. The van der Waals surface area contributed by atoms with Gasteiger partial charge in [-0.25, -0.2) is 8.42 Å². The first kappa shape index (κ1) is 19.6. The lowest BCUT2D eigenvalue weighted by Crippen LogP contribution is -2.44. The summed E-state index contributed by atoms with van der Waals surface area (Å²) in [5, 5.41) is 0. The van der Waals surface area contributed by atoms with Crippen LogP contribution in [0.1, 0.15) is 21.5 Å². The van der Waals surface area contributed by atoms with Crippen molar-refractivity contribution >= 4 is 31.9 Å². The first-order valence-corrected chi connectivity index (χ1v) is 10.0. The van der Waals surface area contributed by atoms with E-state index in [2.05, 4.69) is 20.7 Å². The summed E-state index contributed by atoms with van der Waals surface area (Å²) in [6, 6.07) is 12.8. The van der Waals surface area contributed by atoms with E-state index in [0.29, 0.717) is 0 Å². The van der Waals surface area contributed by atoms with Gasteiger partial charge in [0.15, 0.2) is 0 Å². The Hall–Kier alpha value is -1.70. The highest BCUT2D eigenvalue weighted by atomic mass is 79.9. The Kier molecular flexibility index (Phi) is 6.37. The Morgan fingerprint density at radius 1 is 1.00 bits per heavy atom. The monoisotopic (exact) mass is 425 g/mol. The number of aryl methyl sites for hydroxylation is 2. The second kappa shape index (κ2) is 8.12. The molecule has 1 N–H and O–H groups in total. The van der Waals surface area contributed by atoms with Crippen LogP contribution in [-0.4, -0.2) is 27.5 Å². The lowest BCUT2D eigenvalue weighted by atomic mass is 10.1. The summed E-state index contributed by atoms with van der Waals surface area (Å²) >= 11 is 3.43. The van der Waals surface area contributed by atoms with Crippen molar-refractivity contribution in [1.82, 2.24) is 4.72 Å². The minimum atomic E-state index is -3.87. The van der Waals surface area contributed by atoms with Gasteiger partial charge in [-0.3, -0.25) is 4.79 Å². The van der Waals surface area contributed by atoms with Crippen LogP contribution in [0.3, 0.4) is 0 Å². The van der Waals surface area contributed by atoms with E-state index in [0.717, 1.165) is 16.7 Å². The zero-order valence-corrected chi connectivity index (χ0v) is 16.6. The van der Waals surface area contributed by atoms with Crippen LogP contribution in [0.15, 0.2) is 53.4 Å². The number of rotatable bonds is 6. The topological polar surface area (TPSA) is 72.5 Å². The molecule has 0 unspecified atom stereocenters. The van der Waals surface area contributed by atoms with Crippen LogP contribution in [0.2, 0.25) is 0 Å². The highest BCUT2D eigenvalue weighted by Crippen LogP contribution is 2.28. The third-order valence-electron chi connectivity index (χ3n) is 3.76. The van der Waals surface area contributed by atoms with Gasteiger partial charge in [0.25, 0.3) is 0 Å². The number of nitrogens with one attached hydrogen (secondary N) is 1. The molecule has 2 aromatic carbocycles. The molecule has 2 aromatic rings. The maximum atomic E-state index is 12.6. The molecule has 0 radical (unpaired) electrons. The largest absolute Gasteiger partial charge is 0.468 e. The zero-order valence-electron chi connectivity index (χ0n) is 14.2. The molecule has 2 atom stereocenters. The summed E-state index contributed by atoms with van der Waals surface area (Å²) in [5.41, 5.74) is 2.78. The number of methoxy groups -OCH3 is 1. The molecule has 7 heteroatoms. The lowest BCUT2D eigenvalue weighted by molar-refractivity contribution is -0.142. The number of benzene rings is 2. The van der Waals surface area contributed by atoms with Crippen molar-refractivity contribution in [2.45, 2.75) is 29.6 Å². The summed E-state index contributed by atoms with van der Waals surface area (Å²) in [4.78, 5) is 11.7. The second-order valence-electron chi connectivity index (χ2n) is 5.75. The Morgan fingerprint density at radius 3 is 1.96 bits per heavy atom. The fourth-order valence-corrected chi connectivity index (χ4v) is 4.27. The number of alkyl halides is 1. The van der Waals surface area contributed by atoms with Gasteiger partial charge in [0, 0.05) is 0 Å². The van der Waals surface area contributed by atoms with Crippen LogP contribution < -0.4 is 4.72 Å². The Balaban J connectivity index is 2.32. The van der Waals surface area contributed by atoms with Gasteiger partial charge in [0.2, 0.25) is 10.0 Å². The van der Waals surface area contributed by atoms with Gasteiger partial charge in [0.05, 0.1) is 16.8 Å². The first-order chi connectivity index (χ1) is 11.7. The molecule has 134 valence electrons. The van der Waals surface area contributed by atoms with Crippen molar-refractivity contribution < 1.29 is 17.9 Å². The van der Waals surface area contributed by atoms with Gasteiger partial charge in [-0.05, 0) is 31.5 Å². The van der Waals surface area contributed by atoms with Crippen molar-refractivity contribution in [3.8, 4) is 0 Å². The molecule has 0 saturated heterocycles. The van der Waals surface area contributed by atoms with Gasteiger partial charge in [0.1, 0.15) is 6.04 Å². The molecule has 0 spiro atoms. The quantitative estimate of drug-likeness (QED) is 0.569. The van der Waals surface area contributed by atoms with Crippen molar-refractivity contribution in [2.75, 3.05) is 7.11 Å². The average Bonchev–Trinajstić information content (AvgIpc) is 2.59. The first-order valence-electron chi connectivity index (χ1n) is 7.62. The smallest absolute Gasteiger partial charge is 0.325 e. The summed E-state index contributed by atoms with van der Waals surface area (Å²) in [7, 11) is -2.65. The van der Waals surface area contributed by atoms with Crippen molar-refractivity contribution in [1.29, 1.82) is 0 Å². The number of ether oxygens (including phenoxy) is 1. The summed E-state index contributed by atoms with van der Waals surface area (Å²) < 4.78 is 32.5. The fourth-order valence-electron chi connectivity index (χ4n) is 2.25. The molecule has 0 aliphatic heterocycles. The van der Waals surface area contributed by atoms with Gasteiger partial charge in [-0.15, -0.1) is 0 Å². The highest BCUT2D eigenvalue weighted by Gasteiger charge is 2.33. The van der Waals surface area contributed by atoms with Crippen molar-refractivity contribution in [2.24, 2.45) is 0 Å². The highest BCUT2D eigenvalue weighted by molar-refractivity contribution is 9.09. The number of sulfonamides is 1. The molecule has 0 bridgehead atoms. The van der Waals surface area contributed by atoms with E-state index in [1.165, 1.54) is 19.2 Å². The van der Waals surface area contributed by atoms with Crippen LogP contribution in [0, 0.1) is 13.8 Å². The van der Waals surface area contributed by atoms with Crippen molar-refractivity contribution in [3.05, 3.63) is 65.2 Å². The second-order valence-corrected chi connectivity index (χ2v) is 8.45. The molecule has 0 amide bonds. The van der Waals surface area contributed by atoms with Gasteiger partial charge < -0.3 is 4.74 Å². The van der Waals surface area contributed by atoms with E-state index >= 15 is 0 Å². The van der Waals surface area contributed by atoms with Crippen LogP contribution in [0.4, 0.5) is 0 Å². The molecule has 2 rings (SSSR count). The maximum Gasteiger partial charge on any atom is 0.325 e. The molecule has 5 nitrogen and oxygen atoms in total. The van der Waals surface area contributed by atoms with E-state index < -0.39 is 26.9 Å². The normalized spacial score (nSPS) is 13.9. The Bertz CT molecular complexity index is 832. The van der Waals surface area contributed by atoms with Gasteiger partial charge >= 0.3 is 5.97 Å². The molecule has 0 heterocycles. The molecule has 0 aliphatic carbocycles. The van der Waals surface area contributed by atoms with E-state index in [1.807, 2.05) is 38.1 Å². The number of halogens is 1. The van der Waals surface area contributed by atoms with Crippen LogP contribution >= 0.6 is 15.9 Å². The molecule has 0 saturated carbocycles. The Labute approximate surface area is 156 Å². The number of hydrogen-bond acceptors (Lipinski definition) is 4. The molecule has 0 aromatic heterocycles. The average molecular weight is 426 g/mol. The maximum absolute atomic E-state index is 12.6. The third kappa shape index (κ3) is 4.90. The van der Waals surface area contributed by atoms with E-state index in [1.54, 1.807) is 12.1 Å². The van der Waals surface area contributed by atoms with Gasteiger partial charge in [-0.2, -0.15) is 4.72 Å². The van der Waals surface area contributed by atoms with Crippen LogP contribution in [0.25, 0.3) is 0 Å². The molecule has 25 heavy (non-hydrogen) atoms. The predicted molar refractivity (Wildman–Crippen MR) is 100 cm³/mol. The standard InChI is InChI=1S/C18H20BrNO4S/c1-12-4-8-14(9-5-12)16(19)17(18(21)24-3)20-25(22,23)15-10-6-13(2)7-11-15/h4-11,16-17,20H,1-3H3/t16-,17-/m1/s1. The minimum Gasteiger partial charge on any atom is -0.468 e. The molecular formula is C18H20BrNO4S. The predicted octanol–water partition coefficient (Wildman–Crippen LogP) is 3.26. The summed E-state index contributed by atoms with van der Waals surface area (Å²) in [6.07, 6.45) is 0. The minimum absolute atomic E-state index is 0.0932. The summed E-state index contributed by atoms with van der Waals surface area (Å²) in [6.45, 7) is 3.82. The lowest BCUT2D eigenvalue weighted by Gasteiger charge is -2.22. The SMILES string of the molecule is COC(=O)[C@H](NS(=O)(=O)c1ccc(C)cc1)[C@H](Br)c1ccc(C)cc1. The molecule has 0 fully saturated rings. The Morgan fingerprint density at radius 2 is 1.48 bits per heavy atom. The number of hydrogen-bond donors (Lipinski definition) is 1. The summed E-state index contributed by atoms with van der Waals surface area (Å²) in [5.74, 6) is -0.668. The van der Waals surface area contributed by atoms with E-state index in [-0.39, 0.29) is 4.90 Å². The number of carbonyl (C=O) groups is 1. The fraction of sp³-hybridized carbons (Fsp3) is 0.278. The third-order valence-corrected chi connectivity index (χ3v) is 6.27. The van der Waals surface area contributed by atoms with E-state index in [9.17, 15) is 13.2 Å². The van der Waals surface area contributed by atoms with Gasteiger partial charge in [-0.1, -0.05) is 63.5 Å². The van der Waals surface area contributed by atoms with Crippen LogP contribution in [-0.2, 0) is 19.6 Å². The van der Waals surface area contributed by atoms with Crippen LogP contribution in [0.5, 0.6) is 0 Å². The van der Waals surface area contributed by atoms with Crippen molar-refractivity contribution in [3.63, 3.8) is 0 Å².